The van der Waals surface area contributed by atoms with Crippen molar-refractivity contribution in [3.8, 4) is 11.7 Å². The van der Waals surface area contributed by atoms with Crippen LogP contribution in [0.5, 0.6) is 5.75 Å². The molecule has 110 valence electrons. The Labute approximate surface area is 123 Å². The zero-order valence-corrected chi connectivity index (χ0v) is 11.7. The number of nitrogens with two attached hydrogens (primary N) is 1. The van der Waals surface area contributed by atoms with Crippen LogP contribution in [0.1, 0.15) is 0 Å². The van der Waals surface area contributed by atoms with Crippen molar-refractivity contribution < 1.29 is 9.66 Å². The summed E-state index contributed by atoms with van der Waals surface area (Å²) in [6.45, 7) is 2.92. The van der Waals surface area contributed by atoms with Gasteiger partial charge in [0.05, 0.1) is 4.92 Å². The Morgan fingerprint density at radius 3 is 2.81 bits per heavy atom. The topological polar surface area (TPSA) is 105 Å². The molecule has 0 amide bonds. The lowest BCUT2D eigenvalue weighted by Gasteiger charge is -2.27. The first kappa shape index (κ1) is 15.1. The average Bonchev–Trinajstić information content (AvgIpc) is 2.47. The molecule has 0 atom stereocenters. The predicted molar refractivity (Wildman–Crippen MR) is 80.4 cm³/mol. The fraction of sp³-hybridized carbons (Fsp3) is 0.462. The van der Waals surface area contributed by atoms with Crippen LogP contribution in [0, 0.1) is 21.3 Å². The Morgan fingerprint density at radius 2 is 2.19 bits per heavy atom. The van der Waals surface area contributed by atoms with E-state index in [1.165, 1.54) is 6.07 Å². The number of nitriles is 1. The number of nitro groups is 1. The summed E-state index contributed by atoms with van der Waals surface area (Å²) < 4.78 is 5.51. The van der Waals surface area contributed by atoms with Crippen molar-refractivity contribution >= 4 is 18.1 Å². The first-order valence-corrected chi connectivity index (χ1v) is 6.89. The molecule has 0 aromatic heterocycles. The number of nitrogens with zero attached hydrogens (tertiary/aromatic N) is 3. The number of anilines is 1. The van der Waals surface area contributed by atoms with Crippen molar-refractivity contribution in [1.29, 1.82) is 5.26 Å². The molecule has 2 rings (SSSR count). The van der Waals surface area contributed by atoms with Gasteiger partial charge in [-0.1, -0.05) is 6.07 Å². The number of rotatable bonds is 5. The van der Waals surface area contributed by atoms with Gasteiger partial charge in [-0.3, -0.25) is 10.1 Å². The molecule has 1 aliphatic heterocycles. The highest BCUT2D eigenvalue weighted by Crippen LogP contribution is 2.32. The van der Waals surface area contributed by atoms with E-state index in [2.05, 4.69) is 10.9 Å². The molecule has 0 unspecified atom stereocenters. The van der Waals surface area contributed by atoms with Crippen molar-refractivity contribution in [2.75, 3.05) is 32.0 Å². The molecule has 1 heterocycles. The van der Waals surface area contributed by atoms with Gasteiger partial charge >= 0.3 is 5.69 Å². The summed E-state index contributed by atoms with van der Waals surface area (Å²) >= 11 is 0. The van der Waals surface area contributed by atoms with Crippen LogP contribution in [0.4, 0.5) is 11.4 Å². The van der Waals surface area contributed by atoms with Crippen molar-refractivity contribution in [2.45, 2.75) is 12.6 Å². The molecule has 21 heavy (non-hydrogen) atoms. The van der Waals surface area contributed by atoms with Gasteiger partial charge in [-0.05, 0) is 37.9 Å². The number of hydrogen-bond acceptors (Lipinski definition) is 6. The van der Waals surface area contributed by atoms with Gasteiger partial charge in [-0.2, -0.15) is 0 Å². The second-order valence-corrected chi connectivity index (χ2v) is 5.04. The molecule has 1 saturated heterocycles. The average molecular weight is 288 g/mol. The van der Waals surface area contributed by atoms with Crippen LogP contribution in [0.3, 0.4) is 0 Å². The number of hydrogen-bond donors (Lipinski definition) is 1. The van der Waals surface area contributed by atoms with Gasteiger partial charge in [0.25, 0.3) is 6.71 Å². The lowest BCUT2D eigenvalue weighted by molar-refractivity contribution is -0.384. The maximum Gasteiger partial charge on any atom is 0.333 e. The van der Waals surface area contributed by atoms with Gasteiger partial charge in [0.2, 0.25) is 0 Å². The second kappa shape index (κ2) is 6.95. The molecular weight excluding hydrogens is 271 g/mol. The minimum absolute atomic E-state index is 0.104. The van der Waals surface area contributed by atoms with Gasteiger partial charge in [-0.15, -0.1) is 0 Å². The fourth-order valence-electron chi connectivity index (χ4n) is 2.42. The molecule has 2 N–H and O–H groups in total. The molecule has 0 radical (unpaired) electrons. The number of nitro benzene ring substituents is 1. The van der Waals surface area contributed by atoms with E-state index in [-0.39, 0.29) is 23.8 Å². The van der Waals surface area contributed by atoms with E-state index in [4.69, 9.17) is 15.7 Å². The molecule has 1 aromatic carbocycles. The second-order valence-electron chi connectivity index (χ2n) is 5.04. The Balaban J connectivity index is 1.86. The zero-order chi connectivity index (χ0) is 15.2. The molecule has 7 nitrogen and oxygen atoms in total. The third-order valence-electron chi connectivity index (χ3n) is 3.65. The lowest BCUT2D eigenvalue weighted by atomic mass is 9.45. The standard InChI is InChI=1S/C13H17BN4O3/c15-10-14-4-6-17(7-5-14)8-9-21-12-3-1-2-11(16)13(12)18(19)20/h1-3H,4-9,16H2. The highest BCUT2D eigenvalue weighted by Gasteiger charge is 2.23. The van der Waals surface area contributed by atoms with E-state index in [0.717, 1.165) is 25.7 Å². The molecular formula is C13H17BN4O3. The van der Waals surface area contributed by atoms with E-state index in [1.54, 1.807) is 12.1 Å². The Bertz CT molecular complexity index is 553. The quantitative estimate of drug-likeness (QED) is 0.380. The number of benzene rings is 1. The summed E-state index contributed by atoms with van der Waals surface area (Å²) in [5.41, 5.74) is 5.53. The van der Waals surface area contributed by atoms with Crippen LogP contribution < -0.4 is 10.5 Å². The predicted octanol–water partition coefficient (Wildman–Crippen LogP) is 1.43. The van der Waals surface area contributed by atoms with Crippen LogP contribution in [-0.4, -0.2) is 42.8 Å². The van der Waals surface area contributed by atoms with Crippen molar-refractivity contribution in [3.63, 3.8) is 0 Å². The summed E-state index contributed by atoms with van der Waals surface area (Å²) in [5, 5.41) is 19.8. The summed E-state index contributed by atoms with van der Waals surface area (Å²) in [5.74, 6) is 2.49. The highest BCUT2D eigenvalue weighted by molar-refractivity contribution is 6.67. The zero-order valence-electron chi connectivity index (χ0n) is 11.7. The highest BCUT2D eigenvalue weighted by atomic mass is 16.6. The normalized spacial score (nSPS) is 15.5. The van der Waals surface area contributed by atoms with Crippen LogP contribution in [0.2, 0.25) is 12.6 Å². The van der Waals surface area contributed by atoms with Crippen LogP contribution in [0.25, 0.3) is 0 Å². The summed E-state index contributed by atoms with van der Waals surface area (Å²) in [6, 6.07) is 4.67. The molecule has 8 heteroatoms. The van der Waals surface area contributed by atoms with E-state index < -0.39 is 4.92 Å². The molecule has 0 saturated carbocycles. The summed E-state index contributed by atoms with van der Waals surface area (Å²) in [7, 11) is 0. The Kier molecular flexibility index (Phi) is 5.01. The van der Waals surface area contributed by atoms with Gasteiger partial charge in [-0.25, -0.2) is 5.26 Å². The van der Waals surface area contributed by atoms with Crippen molar-refractivity contribution in [2.24, 2.45) is 0 Å². The van der Waals surface area contributed by atoms with Crippen LogP contribution in [-0.2, 0) is 0 Å². The maximum absolute atomic E-state index is 11.0. The van der Waals surface area contributed by atoms with Gasteiger partial charge < -0.3 is 15.4 Å². The molecule has 0 spiro atoms. The molecule has 0 bridgehead atoms. The third kappa shape index (κ3) is 3.86. The van der Waals surface area contributed by atoms with E-state index in [1.807, 2.05) is 0 Å². The molecule has 1 fully saturated rings. The van der Waals surface area contributed by atoms with Crippen molar-refractivity contribution in [1.82, 2.24) is 4.90 Å². The number of ether oxygens (including phenoxy) is 1. The van der Waals surface area contributed by atoms with E-state index >= 15 is 0 Å². The van der Waals surface area contributed by atoms with E-state index in [0.29, 0.717) is 13.2 Å². The first-order chi connectivity index (χ1) is 10.1. The lowest BCUT2D eigenvalue weighted by Crippen LogP contribution is -2.38. The first-order valence-electron chi connectivity index (χ1n) is 6.89. The summed E-state index contributed by atoms with van der Waals surface area (Å²) in [4.78, 5) is 12.7. The van der Waals surface area contributed by atoms with E-state index in [9.17, 15) is 10.1 Å². The minimum Gasteiger partial charge on any atom is -0.485 e. The Morgan fingerprint density at radius 1 is 1.48 bits per heavy atom. The fourth-order valence-corrected chi connectivity index (χ4v) is 2.42. The maximum atomic E-state index is 11.0. The SMILES string of the molecule is N#CB1CCN(CCOc2cccc(N)c2[N+](=O)[O-])CC1. The molecule has 1 aromatic rings. The molecule has 1 aliphatic rings. The monoisotopic (exact) mass is 288 g/mol. The van der Waals surface area contributed by atoms with Crippen LogP contribution in [0.15, 0.2) is 18.2 Å². The van der Waals surface area contributed by atoms with Gasteiger partial charge in [0.1, 0.15) is 12.3 Å². The van der Waals surface area contributed by atoms with Crippen LogP contribution >= 0.6 is 0 Å². The largest absolute Gasteiger partial charge is 0.485 e. The van der Waals surface area contributed by atoms with Crippen molar-refractivity contribution in [3.05, 3.63) is 28.3 Å². The van der Waals surface area contributed by atoms with Gasteiger partial charge in [0.15, 0.2) is 5.75 Å². The summed E-state index contributed by atoms with van der Waals surface area (Å²) in [6.07, 6.45) is 1.74. The number of nitrogen functional groups attached to an aromatic ring is 1. The Hall–Kier alpha value is -2.27. The molecule has 0 aliphatic carbocycles. The smallest absolute Gasteiger partial charge is 0.333 e. The number of para-hydroxylation sites is 1. The minimum atomic E-state index is -0.525. The van der Waals surface area contributed by atoms with Gasteiger partial charge in [0, 0.05) is 12.5 Å². The third-order valence-corrected chi connectivity index (χ3v) is 3.65.